The molecule has 4 aromatic rings. The van der Waals surface area contributed by atoms with Gasteiger partial charge in [-0.3, -0.25) is 0 Å². The first-order chi connectivity index (χ1) is 15.6. The Morgan fingerprint density at radius 2 is 1.72 bits per heavy atom. The van der Waals surface area contributed by atoms with E-state index in [-0.39, 0.29) is 5.92 Å². The molecule has 0 saturated heterocycles. The minimum atomic E-state index is -0.419. The van der Waals surface area contributed by atoms with Gasteiger partial charge in [0.25, 0.3) is 0 Å². The third kappa shape index (κ3) is 4.48. The predicted octanol–water partition coefficient (Wildman–Crippen LogP) is 6.13. The van der Waals surface area contributed by atoms with E-state index in [2.05, 4.69) is 10.3 Å². The summed E-state index contributed by atoms with van der Waals surface area (Å²) in [5.74, 6) is -0.0452. The monoisotopic (exact) mass is 446 g/mol. The van der Waals surface area contributed by atoms with E-state index in [1.807, 2.05) is 66.9 Å². The molecule has 0 aliphatic carbocycles. The zero-order valence-electron chi connectivity index (χ0n) is 17.8. The quantitative estimate of drug-likeness (QED) is 0.265. The van der Waals surface area contributed by atoms with Crippen molar-refractivity contribution in [2.45, 2.75) is 5.92 Å². The van der Waals surface area contributed by atoms with Gasteiger partial charge in [-0.15, -0.1) is 0 Å². The molecule has 1 heterocycles. The van der Waals surface area contributed by atoms with Crippen LogP contribution in [-0.4, -0.2) is 25.2 Å². The number of halogens is 1. The number of carbonyl (C=O) groups is 1. The lowest BCUT2D eigenvalue weighted by atomic mass is 9.84. The molecule has 162 valence electrons. The molecule has 0 aliphatic rings. The van der Waals surface area contributed by atoms with Crippen molar-refractivity contribution in [3.05, 3.63) is 107 Å². The molecule has 0 aliphatic heterocycles. The van der Waals surface area contributed by atoms with E-state index in [0.717, 1.165) is 33.5 Å². The van der Waals surface area contributed by atoms with E-state index < -0.39 is 5.97 Å². The highest BCUT2D eigenvalue weighted by Gasteiger charge is 2.28. The maximum atomic E-state index is 13.0. The number of aromatic amines is 1. The Bertz CT molecular complexity index is 1240. The molecule has 2 N–H and O–H groups in total. The Morgan fingerprint density at radius 1 is 1.00 bits per heavy atom. The summed E-state index contributed by atoms with van der Waals surface area (Å²) >= 11 is 5.99. The molecule has 4 rings (SSSR count). The van der Waals surface area contributed by atoms with Gasteiger partial charge in [-0.25, -0.2) is 4.79 Å². The summed E-state index contributed by atoms with van der Waals surface area (Å²) in [6.45, 7) is 0. The summed E-state index contributed by atoms with van der Waals surface area (Å²) in [4.78, 5) is 16.3. The van der Waals surface area contributed by atoms with Gasteiger partial charge >= 0.3 is 5.97 Å². The van der Waals surface area contributed by atoms with Crippen LogP contribution in [0.5, 0.6) is 5.75 Å². The summed E-state index contributed by atoms with van der Waals surface area (Å²) in [6, 6.07) is 23.0. The number of hydrogen-bond donors (Lipinski definition) is 2. The number of anilines is 1. The molecule has 0 amide bonds. The lowest BCUT2D eigenvalue weighted by Crippen LogP contribution is -2.16. The second-order valence-corrected chi connectivity index (χ2v) is 7.67. The highest BCUT2D eigenvalue weighted by Crippen LogP contribution is 2.37. The largest absolute Gasteiger partial charge is 0.497 e. The fourth-order valence-electron chi connectivity index (χ4n) is 3.74. The number of methoxy groups -OCH3 is 2. The summed E-state index contributed by atoms with van der Waals surface area (Å²) in [5.41, 5.74) is 4.18. The first-order valence-corrected chi connectivity index (χ1v) is 10.5. The number of fused-ring (bicyclic) bond motifs is 1. The van der Waals surface area contributed by atoms with Gasteiger partial charge in [-0.2, -0.15) is 0 Å². The van der Waals surface area contributed by atoms with Crippen molar-refractivity contribution in [3.8, 4) is 5.75 Å². The van der Waals surface area contributed by atoms with Gasteiger partial charge in [-0.05, 0) is 53.6 Å². The van der Waals surface area contributed by atoms with Gasteiger partial charge in [0, 0.05) is 39.9 Å². The lowest BCUT2D eigenvalue weighted by molar-refractivity contribution is -0.136. The number of aromatic nitrogens is 1. The molecule has 32 heavy (non-hydrogen) atoms. The molecule has 5 nitrogen and oxygen atoms in total. The van der Waals surface area contributed by atoms with Gasteiger partial charge in [0.15, 0.2) is 0 Å². The fourth-order valence-corrected chi connectivity index (χ4v) is 3.87. The third-order valence-corrected chi connectivity index (χ3v) is 5.60. The van der Waals surface area contributed by atoms with Crippen LogP contribution in [0.4, 0.5) is 5.69 Å². The minimum absolute atomic E-state index is 0.371. The van der Waals surface area contributed by atoms with Crippen molar-refractivity contribution >= 4 is 34.2 Å². The van der Waals surface area contributed by atoms with Crippen LogP contribution < -0.4 is 10.1 Å². The zero-order valence-corrected chi connectivity index (χ0v) is 18.5. The van der Waals surface area contributed by atoms with Crippen LogP contribution >= 0.6 is 11.6 Å². The molecule has 0 bridgehead atoms. The SMILES string of the molecule is COC(=O)/C(=C\Nc1ccc(Cl)cc1)C(c1ccc(OC)cc1)c1c[nH]c2ccccc12. The molecule has 1 atom stereocenters. The number of benzene rings is 3. The number of esters is 1. The number of nitrogens with one attached hydrogen (secondary N) is 2. The predicted molar refractivity (Wildman–Crippen MR) is 128 cm³/mol. The van der Waals surface area contributed by atoms with E-state index in [0.29, 0.717) is 10.6 Å². The van der Waals surface area contributed by atoms with Crippen LogP contribution in [0.25, 0.3) is 10.9 Å². The lowest BCUT2D eigenvalue weighted by Gasteiger charge is -2.20. The van der Waals surface area contributed by atoms with Crippen molar-refractivity contribution in [2.75, 3.05) is 19.5 Å². The Labute approximate surface area is 191 Å². The highest BCUT2D eigenvalue weighted by molar-refractivity contribution is 6.30. The molecule has 1 unspecified atom stereocenters. The van der Waals surface area contributed by atoms with E-state index in [9.17, 15) is 4.79 Å². The third-order valence-electron chi connectivity index (χ3n) is 5.35. The molecule has 0 fully saturated rings. The summed E-state index contributed by atoms with van der Waals surface area (Å²) < 4.78 is 10.5. The van der Waals surface area contributed by atoms with Crippen molar-refractivity contribution in [1.82, 2.24) is 4.98 Å². The fraction of sp³-hybridized carbons (Fsp3) is 0.115. The van der Waals surface area contributed by atoms with Gasteiger partial charge in [0.05, 0.1) is 19.8 Å². The summed E-state index contributed by atoms with van der Waals surface area (Å²) in [7, 11) is 3.01. The zero-order chi connectivity index (χ0) is 22.5. The van der Waals surface area contributed by atoms with Gasteiger partial charge in [-0.1, -0.05) is 41.9 Å². The molecule has 6 heteroatoms. The van der Waals surface area contributed by atoms with E-state index in [4.69, 9.17) is 21.1 Å². The van der Waals surface area contributed by atoms with Crippen molar-refractivity contribution in [1.29, 1.82) is 0 Å². The topological polar surface area (TPSA) is 63.4 Å². The van der Waals surface area contributed by atoms with Gasteiger partial charge in [0.1, 0.15) is 5.75 Å². The molecule has 0 saturated carbocycles. The second kappa shape index (κ2) is 9.62. The molecule has 3 aromatic carbocycles. The molecular formula is C26H23ClN2O3. The highest BCUT2D eigenvalue weighted by atomic mass is 35.5. The summed E-state index contributed by atoms with van der Waals surface area (Å²) in [6.07, 6.45) is 3.64. The van der Waals surface area contributed by atoms with Crippen LogP contribution in [-0.2, 0) is 9.53 Å². The van der Waals surface area contributed by atoms with E-state index in [1.165, 1.54) is 7.11 Å². The number of carbonyl (C=O) groups excluding carboxylic acids is 1. The minimum Gasteiger partial charge on any atom is -0.497 e. The number of ether oxygens (including phenoxy) is 2. The molecule has 0 radical (unpaired) electrons. The maximum Gasteiger partial charge on any atom is 0.336 e. The Morgan fingerprint density at radius 3 is 2.41 bits per heavy atom. The first-order valence-electron chi connectivity index (χ1n) is 10.1. The number of rotatable bonds is 7. The summed E-state index contributed by atoms with van der Waals surface area (Å²) in [5, 5.41) is 4.89. The molecule has 1 aromatic heterocycles. The second-order valence-electron chi connectivity index (χ2n) is 7.24. The van der Waals surface area contributed by atoms with E-state index in [1.54, 1.807) is 25.4 Å². The Balaban J connectivity index is 1.85. The van der Waals surface area contributed by atoms with Crippen LogP contribution in [0.1, 0.15) is 17.0 Å². The number of hydrogen-bond acceptors (Lipinski definition) is 4. The van der Waals surface area contributed by atoms with Crippen molar-refractivity contribution in [3.63, 3.8) is 0 Å². The van der Waals surface area contributed by atoms with Crippen LogP contribution in [0, 0.1) is 0 Å². The standard InChI is InChI=1S/C26H23ClN2O3/c1-31-20-13-7-17(8-14-20)25(22-15-29-24-6-4-3-5-21(22)24)23(26(30)32-2)16-28-19-11-9-18(27)10-12-19/h3-16,25,28-29H,1-2H3/b23-16-. The van der Waals surface area contributed by atoms with Gasteiger partial charge in [0.2, 0.25) is 0 Å². The molecule has 0 spiro atoms. The number of H-pyrrole nitrogens is 1. The van der Waals surface area contributed by atoms with Crippen LogP contribution in [0.3, 0.4) is 0 Å². The van der Waals surface area contributed by atoms with E-state index >= 15 is 0 Å². The van der Waals surface area contributed by atoms with Crippen LogP contribution in [0.15, 0.2) is 90.8 Å². The van der Waals surface area contributed by atoms with Crippen molar-refractivity contribution in [2.24, 2.45) is 0 Å². The normalized spacial score (nSPS) is 12.4. The Kier molecular flexibility index (Phi) is 6.47. The van der Waals surface area contributed by atoms with Crippen molar-refractivity contribution < 1.29 is 14.3 Å². The first kappa shape index (κ1) is 21.5. The number of para-hydroxylation sites is 1. The van der Waals surface area contributed by atoms with Gasteiger partial charge < -0.3 is 19.8 Å². The molecular weight excluding hydrogens is 424 g/mol. The Hall–Kier alpha value is -3.70. The van der Waals surface area contributed by atoms with Crippen LogP contribution in [0.2, 0.25) is 5.02 Å². The average molecular weight is 447 g/mol. The average Bonchev–Trinajstić information content (AvgIpc) is 3.26. The maximum absolute atomic E-state index is 13.0. The smallest absolute Gasteiger partial charge is 0.336 e.